The number of halogens is 1. The Bertz CT molecular complexity index is 840. The molecule has 6 nitrogen and oxygen atoms in total. The van der Waals surface area contributed by atoms with Crippen molar-refractivity contribution in [2.45, 2.75) is 12.0 Å². The predicted molar refractivity (Wildman–Crippen MR) is 94.1 cm³/mol. The van der Waals surface area contributed by atoms with Crippen molar-refractivity contribution in [3.63, 3.8) is 0 Å². The van der Waals surface area contributed by atoms with E-state index in [1.165, 1.54) is 7.11 Å². The number of aliphatic carboxylic acids is 1. The summed E-state index contributed by atoms with van der Waals surface area (Å²) in [5.41, 5.74) is 0.590. The van der Waals surface area contributed by atoms with E-state index in [4.69, 9.17) is 21.4 Å². The van der Waals surface area contributed by atoms with Gasteiger partial charge >= 0.3 is 5.97 Å². The predicted octanol–water partition coefficient (Wildman–Crippen LogP) is 2.61. The molecule has 0 bridgehead atoms. The number of amides is 1. The van der Waals surface area contributed by atoms with Crippen molar-refractivity contribution in [2.24, 2.45) is 0 Å². The molecule has 2 aromatic rings. The van der Waals surface area contributed by atoms with E-state index in [1.807, 2.05) is 0 Å². The summed E-state index contributed by atoms with van der Waals surface area (Å²) in [7, 11) is 1.52. The second kappa shape index (κ2) is 6.74. The normalized spacial score (nSPS) is 18.6. The Morgan fingerprint density at radius 2 is 2.04 bits per heavy atom. The van der Waals surface area contributed by atoms with Crippen molar-refractivity contribution >= 4 is 29.2 Å². The Morgan fingerprint density at radius 3 is 2.76 bits per heavy atom. The van der Waals surface area contributed by atoms with Crippen molar-refractivity contribution < 1.29 is 19.4 Å². The van der Waals surface area contributed by atoms with E-state index in [1.54, 1.807) is 42.5 Å². The van der Waals surface area contributed by atoms with E-state index >= 15 is 0 Å². The third kappa shape index (κ3) is 2.94. The van der Waals surface area contributed by atoms with Gasteiger partial charge < -0.3 is 15.2 Å². The molecule has 1 amide bonds. The fourth-order valence-electron chi connectivity index (χ4n) is 3.12. The zero-order valence-electron chi connectivity index (χ0n) is 13.5. The zero-order chi connectivity index (χ0) is 18.0. The molecule has 0 saturated heterocycles. The Balaban J connectivity index is 2.19. The summed E-state index contributed by atoms with van der Waals surface area (Å²) in [4.78, 5) is 23.9. The van der Waals surface area contributed by atoms with Crippen LogP contribution in [0.25, 0.3) is 0 Å². The molecule has 3 rings (SSSR count). The molecule has 0 aliphatic carbocycles. The van der Waals surface area contributed by atoms with E-state index in [2.05, 4.69) is 10.6 Å². The number of hydrogen-bond donors (Lipinski definition) is 3. The standard InChI is InChI=1S/C18H17ClN2O4/c1-25-15-5-3-2-4-12(15)18(20-9-8-16(22)23)13-10-11(19)6-7-14(13)21-17(18)24/h2-7,10,20H,8-9H2,1H3,(H,21,24)(H,22,23). The second-order valence-corrected chi connectivity index (χ2v) is 6.10. The summed E-state index contributed by atoms with van der Waals surface area (Å²) in [6.07, 6.45) is -0.125. The van der Waals surface area contributed by atoms with Gasteiger partial charge in [-0.25, -0.2) is 0 Å². The fourth-order valence-corrected chi connectivity index (χ4v) is 3.30. The number of benzene rings is 2. The monoisotopic (exact) mass is 360 g/mol. The number of rotatable bonds is 6. The number of ether oxygens (including phenoxy) is 1. The third-order valence-corrected chi connectivity index (χ3v) is 4.45. The number of carboxylic acids is 1. The van der Waals surface area contributed by atoms with Gasteiger partial charge in [0.05, 0.1) is 13.5 Å². The summed E-state index contributed by atoms with van der Waals surface area (Å²) in [5.74, 6) is -0.736. The SMILES string of the molecule is COc1ccccc1C1(NCCC(=O)O)C(=O)Nc2ccc(Cl)cc21. The van der Waals surface area contributed by atoms with Crippen LogP contribution in [0.4, 0.5) is 5.69 Å². The minimum Gasteiger partial charge on any atom is -0.496 e. The highest BCUT2D eigenvalue weighted by Crippen LogP contribution is 2.45. The first kappa shape index (κ1) is 17.3. The van der Waals surface area contributed by atoms with Crippen LogP contribution in [0.15, 0.2) is 42.5 Å². The van der Waals surface area contributed by atoms with Crippen molar-refractivity contribution in [3.8, 4) is 5.75 Å². The van der Waals surface area contributed by atoms with Gasteiger partial charge in [0.1, 0.15) is 5.75 Å². The Labute approximate surface area is 149 Å². The molecule has 130 valence electrons. The fraction of sp³-hybridized carbons (Fsp3) is 0.222. The van der Waals surface area contributed by atoms with Gasteiger partial charge in [0.2, 0.25) is 0 Å². The number of carbonyl (C=O) groups is 2. The molecule has 0 aromatic heterocycles. The molecule has 1 atom stereocenters. The van der Waals surface area contributed by atoms with Crippen LogP contribution in [0, 0.1) is 0 Å². The lowest BCUT2D eigenvalue weighted by Crippen LogP contribution is -2.49. The number of methoxy groups -OCH3 is 1. The van der Waals surface area contributed by atoms with Gasteiger partial charge in [-0.05, 0) is 24.3 Å². The van der Waals surface area contributed by atoms with Gasteiger partial charge in [0, 0.05) is 28.4 Å². The van der Waals surface area contributed by atoms with Crippen molar-refractivity contribution in [3.05, 3.63) is 58.6 Å². The minimum absolute atomic E-state index is 0.104. The van der Waals surface area contributed by atoms with Crippen LogP contribution >= 0.6 is 11.6 Å². The van der Waals surface area contributed by atoms with E-state index in [9.17, 15) is 9.59 Å². The number of carboxylic acid groups (broad SMARTS) is 1. The molecule has 0 radical (unpaired) electrons. The quantitative estimate of drug-likeness (QED) is 0.737. The smallest absolute Gasteiger partial charge is 0.304 e. The van der Waals surface area contributed by atoms with E-state index < -0.39 is 11.5 Å². The number of anilines is 1. The topological polar surface area (TPSA) is 87.7 Å². The van der Waals surface area contributed by atoms with Gasteiger partial charge in [-0.15, -0.1) is 0 Å². The van der Waals surface area contributed by atoms with E-state index in [-0.39, 0.29) is 18.9 Å². The highest BCUT2D eigenvalue weighted by molar-refractivity contribution is 6.31. The van der Waals surface area contributed by atoms with Crippen LogP contribution in [0.5, 0.6) is 5.75 Å². The molecule has 0 saturated carbocycles. The summed E-state index contributed by atoms with van der Waals surface area (Å²) >= 11 is 6.15. The van der Waals surface area contributed by atoms with Gasteiger partial charge in [-0.1, -0.05) is 29.8 Å². The number of para-hydroxylation sites is 1. The summed E-state index contributed by atoms with van der Waals surface area (Å²) in [5, 5.41) is 15.4. The van der Waals surface area contributed by atoms with E-state index in [0.29, 0.717) is 27.6 Å². The maximum absolute atomic E-state index is 13.0. The summed E-state index contributed by atoms with van der Waals surface area (Å²) < 4.78 is 5.43. The highest BCUT2D eigenvalue weighted by atomic mass is 35.5. The molecule has 1 heterocycles. The van der Waals surface area contributed by atoms with Crippen LogP contribution in [-0.4, -0.2) is 30.6 Å². The van der Waals surface area contributed by atoms with Crippen LogP contribution in [0.3, 0.4) is 0 Å². The first-order valence-electron chi connectivity index (χ1n) is 7.71. The zero-order valence-corrected chi connectivity index (χ0v) is 14.3. The molecule has 1 aliphatic heterocycles. The molecule has 25 heavy (non-hydrogen) atoms. The summed E-state index contributed by atoms with van der Waals surface area (Å²) in [6, 6.07) is 12.3. The highest BCUT2D eigenvalue weighted by Gasteiger charge is 2.49. The Hall–Kier alpha value is -2.57. The van der Waals surface area contributed by atoms with Gasteiger partial charge in [0.25, 0.3) is 5.91 Å². The maximum Gasteiger partial charge on any atom is 0.304 e. The average Bonchev–Trinajstić information content (AvgIpc) is 2.87. The first-order chi connectivity index (χ1) is 12.0. The van der Waals surface area contributed by atoms with Crippen LogP contribution in [0.1, 0.15) is 17.5 Å². The van der Waals surface area contributed by atoms with Crippen molar-refractivity contribution in [1.29, 1.82) is 0 Å². The lowest BCUT2D eigenvalue weighted by atomic mass is 9.83. The Kier molecular flexibility index (Phi) is 4.65. The second-order valence-electron chi connectivity index (χ2n) is 5.66. The Morgan fingerprint density at radius 1 is 1.28 bits per heavy atom. The van der Waals surface area contributed by atoms with Gasteiger partial charge in [-0.2, -0.15) is 0 Å². The molecule has 1 aliphatic rings. The maximum atomic E-state index is 13.0. The van der Waals surface area contributed by atoms with Crippen LogP contribution in [-0.2, 0) is 15.1 Å². The summed E-state index contributed by atoms with van der Waals surface area (Å²) in [6.45, 7) is 0.104. The number of nitrogens with one attached hydrogen (secondary N) is 2. The molecule has 0 spiro atoms. The van der Waals surface area contributed by atoms with E-state index in [0.717, 1.165) is 0 Å². The number of fused-ring (bicyclic) bond motifs is 1. The molecular weight excluding hydrogens is 344 g/mol. The van der Waals surface area contributed by atoms with Gasteiger partial charge in [-0.3, -0.25) is 14.9 Å². The average molecular weight is 361 g/mol. The molecule has 1 unspecified atom stereocenters. The van der Waals surface area contributed by atoms with Crippen LogP contribution < -0.4 is 15.4 Å². The number of hydrogen-bond acceptors (Lipinski definition) is 4. The first-order valence-corrected chi connectivity index (χ1v) is 8.08. The molecule has 0 fully saturated rings. The molecule has 2 aromatic carbocycles. The van der Waals surface area contributed by atoms with Crippen molar-refractivity contribution in [1.82, 2.24) is 5.32 Å². The van der Waals surface area contributed by atoms with Crippen molar-refractivity contribution in [2.75, 3.05) is 19.0 Å². The third-order valence-electron chi connectivity index (χ3n) is 4.21. The van der Waals surface area contributed by atoms with Gasteiger partial charge in [0.15, 0.2) is 5.54 Å². The lowest BCUT2D eigenvalue weighted by molar-refractivity contribution is -0.137. The number of carbonyl (C=O) groups excluding carboxylic acids is 1. The largest absolute Gasteiger partial charge is 0.496 e. The lowest BCUT2D eigenvalue weighted by Gasteiger charge is -2.30. The molecular formula is C18H17ClN2O4. The van der Waals surface area contributed by atoms with Crippen LogP contribution in [0.2, 0.25) is 5.02 Å². The molecule has 3 N–H and O–H groups in total. The molecule has 7 heteroatoms. The minimum atomic E-state index is -1.28.